The summed E-state index contributed by atoms with van der Waals surface area (Å²) < 4.78 is 0.997. The molecule has 92 valence electrons. The van der Waals surface area contributed by atoms with Gasteiger partial charge in [0.2, 0.25) is 0 Å². The highest BCUT2D eigenvalue weighted by molar-refractivity contribution is 9.10. The third-order valence-corrected chi connectivity index (χ3v) is 3.16. The molecule has 0 heterocycles. The summed E-state index contributed by atoms with van der Waals surface area (Å²) in [5.41, 5.74) is 1.61. The van der Waals surface area contributed by atoms with Crippen LogP contribution in [0, 0.1) is 0 Å². The van der Waals surface area contributed by atoms with Crippen molar-refractivity contribution in [2.75, 3.05) is 0 Å². The molecule has 2 aromatic carbocycles. The fraction of sp³-hybridized carbons (Fsp3) is 0.0714. The van der Waals surface area contributed by atoms with Crippen molar-refractivity contribution in [1.29, 1.82) is 0 Å². The highest BCUT2D eigenvalue weighted by Crippen LogP contribution is 2.13. The average molecular weight is 325 g/mol. The Morgan fingerprint density at radius 1 is 1.17 bits per heavy atom. The van der Waals surface area contributed by atoms with Crippen LogP contribution in [0.4, 0.5) is 0 Å². The molecule has 0 radical (unpaired) electrons. The van der Waals surface area contributed by atoms with E-state index < -0.39 is 0 Å². The Morgan fingerprint density at radius 2 is 1.94 bits per heavy atom. The van der Waals surface area contributed by atoms with Gasteiger partial charge >= 0.3 is 0 Å². The number of carbonyl (C=O) groups excluding carboxylic acids is 1. The smallest absolute Gasteiger partial charge is 0.251 e. The summed E-state index contributed by atoms with van der Waals surface area (Å²) in [6.07, 6.45) is 0. The Bertz CT molecular complexity index is 571. The topological polar surface area (TPSA) is 29.1 Å². The number of halogens is 2. The van der Waals surface area contributed by atoms with Gasteiger partial charge in [0.25, 0.3) is 5.91 Å². The normalized spacial score (nSPS) is 10.1. The van der Waals surface area contributed by atoms with Gasteiger partial charge in [-0.1, -0.05) is 45.7 Å². The van der Waals surface area contributed by atoms with Crippen molar-refractivity contribution in [3.63, 3.8) is 0 Å². The van der Waals surface area contributed by atoms with E-state index >= 15 is 0 Å². The van der Waals surface area contributed by atoms with E-state index in [9.17, 15) is 4.79 Å². The van der Waals surface area contributed by atoms with Gasteiger partial charge in [-0.2, -0.15) is 0 Å². The van der Waals surface area contributed by atoms with E-state index in [4.69, 9.17) is 11.6 Å². The Hall–Kier alpha value is -1.32. The molecule has 2 rings (SSSR count). The van der Waals surface area contributed by atoms with E-state index in [1.165, 1.54) is 0 Å². The van der Waals surface area contributed by atoms with Crippen molar-refractivity contribution in [3.8, 4) is 0 Å². The molecule has 18 heavy (non-hydrogen) atoms. The van der Waals surface area contributed by atoms with Crippen molar-refractivity contribution < 1.29 is 4.79 Å². The number of hydrogen-bond donors (Lipinski definition) is 1. The molecule has 2 nitrogen and oxygen atoms in total. The molecule has 0 aromatic heterocycles. The summed E-state index contributed by atoms with van der Waals surface area (Å²) in [6, 6.07) is 14.7. The molecule has 0 saturated carbocycles. The Kier molecular flexibility index (Phi) is 4.39. The van der Waals surface area contributed by atoms with E-state index in [1.807, 2.05) is 24.3 Å². The SMILES string of the molecule is O=C(NCc1cccc(Br)c1)c1cccc(Cl)c1. The van der Waals surface area contributed by atoms with Crippen molar-refractivity contribution in [2.45, 2.75) is 6.54 Å². The van der Waals surface area contributed by atoms with Crippen LogP contribution in [0.15, 0.2) is 53.0 Å². The number of nitrogens with one attached hydrogen (secondary N) is 1. The molecule has 0 aliphatic carbocycles. The second-order valence-electron chi connectivity index (χ2n) is 3.82. The Morgan fingerprint density at radius 3 is 2.67 bits per heavy atom. The number of hydrogen-bond acceptors (Lipinski definition) is 1. The van der Waals surface area contributed by atoms with Crippen molar-refractivity contribution in [3.05, 3.63) is 69.2 Å². The Labute approximate surface area is 119 Å². The largest absolute Gasteiger partial charge is 0.348 e. The van der Waals surface area contributed by atoms with Crippen molar-refractivity contribution in [2.24, 2.45) is 0 Å². The summed E-state index contributed by atoms with van der Waals surface area (Å²) >= 11 is 9.23. The van der Waals surface area contributed by atoms with Crippen LogP contribution in [0.1, 0.15) is 15.9 Å². The molecule has 0 fully saturated rings. The number of rotatable bonds is 3. The quantitative estimate of drug-likeness (QED) is 0.907. The second kappa shape index (κ2) is 6.03. The highest BCUT2D eigenvalue weighted by Gasteiger charge is 2.05. The minimum Gasteiger partial charge on any atom is -0.348 e. The third kappa shape index (κ3) is 3.59. The minimum atomic E-state index is -0.127. The highest BCUT2D eigenvalue weighted by atomic mass is 79.9. The first-order valence-electron chi connectivity index (χ1n) is 5.43. The molecule has 0 aliphatic heterocycles. The molecular formula is C14H11BrClNO. The molecule has 4 heteroatoms. The zero-order valence-corrected chi connectivity index (χ0v) is 11.8. The van der Waals surface area contributed by atoms with Crippen LogP contribution < -0.4 is 5.32 Å². The van der Waals surface area contributed by atoms with Gasteiger partial charge in [-0.3, -0.25) is 4.79 Å². The first kappa shape index (κ1) is 13.1. The lowest BCUT2D eigenvalue weighted by Crippen LogP contribution is -2.22. The van der Waals surface area contributed by atoms with E-state index in [1.54, 1.807) is 24.3 Å². The van der Waals surface area contributed by atoms with Gasteiger partial charge in [0.15, 0.2) is 0 Å². The summed E-state index contributed by atoms with van der Waals surface area (Å²) in [5.74, 6) is -0.127. The fourth-order valence-electron chi connectivity index (χ4n) is 1.56. The first-order valence-corrected chi connectivity index (χ1v) is 6.60. The van der Waals surface area contributed by atoms with Crippen LogP contribution in [0.25, 0.3) is 0 Å². The third-order valence-electron chi connectivity index (χ3n) is 2.43. The molecule has 0 saturated heterocycles. The van der Waals surface area contributed by atoms with E-state index in [0.29, 0.717) is 17.1 Å². The molecular weight excluding hydrogens is 314 g/mol. The maximum Gasteiger partial charge on any atom is 0.251 e. The summed E-state index contributed by atoms with van der Waals surface area (Å²) in [5, 5.41) is 3.41. The monoisotopic (exact) mass is 323 g/mol. The van der Waals surface area contributed by atoms with Crippen molar-refractivity contribution >= 4 is 33.4 Å². The predicted octanol–water partition coefficient (Wildman–Crippen LogP) is 4.03. The molecule has 0 aliphatic rings. The molecule has 2 aromatic rings. The molecule has 0 unspecified atom stereocenters. The fourth-order valence-corrected chi connectivity index (χ4v) is 2.20. The van der Waals surface area contributed by atoms with Crippen LogP contribution in [-0.2, 0) is 6.54 Å². The lowest BCUT2D eigenvalue weighted by molar-refractivity contribution is 0.0951. The van der Waals surface area contributed by atoms with Gasteiger partial charge in [-0.25, -0.2) is 0 Å². The van der Waals surface area contributed by atoms with Gasteiger partial charge in [-0.15, -0.1) is 0 Å². The van der Waals surface area contributed by atoms with Gasteiger partial charge < -0.3 is 5.32 Å². The van der Waals surface area contributed by atoms with Crippen molar-refractivity contribution in [1.82, 2.24) is 5.32 Å². The lowest BCUT2D eigenvalue weighted by atomic mass is 10.2. The maximum atomic E-state index is 11.9. The van der Waals surface area contributed by atoms with Crippen LogP contribution in [0.3, 0.4) is 0 Å². The van der Waals surface area contributed by atoms with E-state index in [0.717, 1.165) is 10.0 Å². The van der Waals surface area contributed by atoms with Crippen LogP contribution in [0.5, 0.6) is 0 Å². The predicted molar refractivity (Wildman–Crippen MR) is 76.8 cm³/mol. The summed E-state index contributed by atoms with van der Waals surface area (Å²) in [6.45, 7) is 0.491. The molecule has 1 N–H and O–H groups in total. The molecule has 1 amide bonds. The molecule has 0 bridgehead atoms. The van der Waals surface area contributed by atoms with Gasteiger partial charge in [0.1, 0.15) is 0 Å². The number of carbonyl (C=O) groups is 1. The van der Waals surface area contributed by atoms with Crippen LogP contribution in [0.2, 0.25) is 5.02 Å². The number of amides is 1. The zero-order valence-electron chi connectivity index (χ0n) is 9.49. The van der Waals surface area contributed by atoms with Crippen LogP contribution >= 0.6 is 27.5 Å². The van der Waals surface area contributed by atoms with Gasteiger partial charge in [0.05, 0.1) is 0 Å². The maximum absolute atomic E-state index is 11.9. The van der Waals surface area contributed by atoms with E-state index in [-0.39, 0.29) is 5.91 Å². The summed E-state index contributed by atoms with van der Waals surface area (Å²) in [7, 11) is 0. The number of benzene rings is 2. The summed E-state index contributed by atoms with van der Waals surface area (Å²) in [4.78, 5) is 11.9. The molecule has 0 atom stereocenters. The first-order chi connectivity index (χ1) is 8.65. The van der Waals surface area contributed by atoms with E-state index in [2.05, 4.69) is 21.2 Å². The Balaban J connectivity index is 2.00. The second-order valence-corrected chi connectivity index (χ2v) is 5.18. The average Bonchev–Trinajstić information content (AvgIpc) is 2.36. The minimum absolute atomic E-state index is 0.127. The van der Waals surface area contributed by atoms with Gasteiger partial charge in [-0.05, 0) is 35.9 Å². The lowest BCUT2D eigenvalue weighted by Gasteiger charge is -2.06. The van der Waals surface area contributed by atoms with Gasteiger partial charge in [0, 0.05) is 21.6 Å². The standard InChI is InChI=1S/C14H11BrClNO/c15-12-5-1-3-10(7-12)9-17-14(18)11-4-2-6-13(16)8-11/h1-8H,9H2,(H,17,18). The van der Waals surface area contributed by atoms with Crippen LogP contribution in [-0.4, -0.2) is 5.91 Å². The zero-order chi connectivity index (χ0) is 13.0. The molecule has 0 spiro atoms.